The maximum Gasteiger partial charge on any atom is 0.160 e. The lowest BCUT2D eigenvalue weighted by Gasteiger charge is -2.24. The second-order valence-electron chi connectivity index (χ2n) is 34.7. The number of anilines is 2. The van der Waals surface area contributed by atoms with Gasteiger partial charge in [-0.1, -0.05) is 249 Å². The van der Waals surface area contributed by atoms with Gasteiger partial charge in [0.25, 0.3) is 0 Å². The van der Waals surface area contributed by atoms with Gasteiger partial charge in [0.05, 0.1) is 66.6 Å². The summed E-state index contributed by atoms with van der Waals surface area (Å²) in [5, 5.41) is 14.3. The molecule has 130 heavy (non-hydrogen) atoms. The second-order valence-corrected chi connectivity index (χ2v) is 34.7. The second kappa shape index (κ2) is 29.2. The number of hydrogen-bond acceptors (Lipinski definition) is 3. The molecule has 1 aliphatic carbocycles. The Morgan fingerprint density at radius 2 is 0.523 bits per heavy atom. The van der Waals surface area contributed by atoms with Crippen LogP contribution in [-0.4, -0.2) is 32.8 Å². The van der Waals surface area contributed by atoms with E-state index in [0.29, 0.717) is 5.82 Å². The van der Waals surface area contributed by atoms with Gasteiger partial charge < -0.3 is 27.7 Å². The minimum atomic E-state index is 0.269. The van der Waals surface area contributed by atoms with Crippen molar-refractivity contribution in [1.29, 1.82) is 0 Å². The first kappa shape index (κ1) is 73.2. The summed E-state index contributed by atoms with van der Waals surface area (Å²) in [5.41, 5.74) is 36.2. The molecule has 6 aromatic heterocycles. The quantitative estimate of drug-likeness (QED) is 0.116. The summed E-state index contributed by atoms with van der Waals surface area (Å²) in [6, 6.07) is 161. The predicted molar refractivity (Wildman–Crippen MR) is 542 cm³/mol. The van der Waals surface area contributed by atoms with Gasteiger partial charge in [0.1, 0.15) is 0 Å². The van der Waals surface area contributed by atoms with E-state index in [-0.39, 0.29) is 5.92 Å². The van der Waals surface area contributed by atoms with Crippen LogP contribution in [0.25, 0.3) is 227 Å². The van der Waals surface area contributed by atoms with E-state index < -0.39 is 0 Å². The van der Waals surface area contributed by atoms with E-state index in [0.717, 1.165) is 134 Å². The van der Waals surface area contributed by atoms with Crippen LogP contribution in [0, 0.1) is 0 Å². The number of nitrogens with zero attached hydrogens (tertiary/aromatic N) is 8. The number of aromatic nitrogens is 7. The lowest BCUT2D eigenvalue weighted by molar-refractivity contribution is 0.820. The number of allylic oxidation sites excluding steroid dienone is 4. The van der Waals surface area contributed by atoms with Crippen LogP contribution in [0.5, 0.6) is 0 Å². The first-order valence-electron chi connectivity index (χ1n) is 44.8. The monoisotopic (exact) mass is 1650 g/mol. The fourth-order valence-electron chi connectivity index (χ4n) is 21.5. The zero-order valence-corrected chi connectivity index (χ0v) is 70.7. The molecule has 8 nitrogen and oxygen atoms in total. The number of hydrogen-bond donors (Lipinski definition) is 0. The molecule has 19 aromatic carbocycles. The summed E-state index contributed by atoms with van der Waals surface area (Å²) < 4.78 is 12.1. The Morgan fingerprint density at radius 3 is 0.962 bits per heavy atom. The molecule has 1 aliphatic heterocycles. The van der Waals surface area contributed by atoms with E-state index in [4.69, 9.17) is 9.97 Å². The molecule has 0 N–H and O–H groups in total. The van der Waals surface area contributed by atoms with Crippen molar-refractivity contribution in [1.82, 2.24) is 32.8 Å². The Balaban J connectivity index is 0.575. The lowest BCUT2D eigenvalue weighted by Crippen LogP contribution is -2.14. The van der Waals surface area contributed by atoms with Crippen LogP contribution in [0.15, 0.2) is 461 Å². The Hall–Kier alpha value is -17.2. The van der Waals surface area contributed by atoms with Gasteiger partial charge >= 0.3 is 0 Å². The first-order valence-corrected chi connectivity index (χ1v) is 44.8. The van der Waals surface area contributed by atoms with Crippen molar-refractivity contribution in [2.24, 2.45) is 0 Å². The summed E-state index contributed by atoms with van der Waals surface area (Å²) in [6.07, 6.45) is 7.80. The van der Waals surface area contributed by atoms with Crippen LogP contribution in [0.3, 0.4) is 0 Å². The van der Waals surface area contributed by atoms with Crippen molar-refractivity contribution in [3.8, 4) is 107 Å². The Bertz CT molecular complexity index is 8860. The topological polar surface area (TPSA) is 53.7 Å². The average molecular weight is 1660 g/mol. The number of benzene rings is 19. The van der Waals surface area contributed by atoms with Crippen LogP contribution in [0.1, 0.15) is 17.9 Å². The number of fused-ring (bicyclic) bond motifs is 19. The predicted octanol–water partition coefficient (Wildman–Crippen LogP) is 31.9. The lowest BCUT2D eigenvalue weighted by atomic mass is 9.90. The fraction of sp³-hybridized carbons (Fsp3) is 0.0164. The van der Waals surface area contributed by atoms with Gasteiger partial charge in [0, 0.05) is 122 Å². The van der Waals surface area contributed by atoms with Crippen LogP contribution < -0.4 is 4.90 Å². The van der Waals surface area contributed by atoms with Crippen LogP contribution in [0.2, 0.25) is 0 Å². The van der Waals surface area contributed by atoms with Gasteiger partial charge in [0.2, 0.25) is 0 Å². The van der Waals surface area contributed by atoms with Crippen molar-refractivity contribution in [2.45, 2.75) is 12.3 Å². The van der Waals surface area contributed by atoms with Crippen molar-refractivity contribution in [2.75, 3.05) is 4.90 Å². The number of para-hydroxylation sites is 7. The van der Waals surface area contributed by atoms with E-state index in [9.17, 15) is 0 Å². The van der Waals surface area contributed by atoms with E-state index >= 15 is 0 Å². The smallest absolute Gasteiger partial charge is 0.160 e. The first-order chi connectivity index (χ1) is 64.4. The molecule has 8 heteroatoms. The highest BCUT2D eigenvalue weighted by molar-refractivity contribution is 6.17. The molecule has 1 atom stereocenters. The Morgan fingerprint density at radius 1 is 0.208 bits per heavy atom. The van der Waals surface area contributed by atoms with Gasteiger partial charge in [-0.05, 0) is 274 Å². The minimum absolute atomic E-state index is 0.269. The Kier molecular flexibility index (Phi) is 16.4. The highest BCUT2D eigenvalue weighted by atomic mass is 15.2. The molecule has 0 saturated carbocycles. The zero-order chi connectivity index (χ0) is 85.2. The summed E-state index contributed by atoms with van der Waals surface area (Å²) in [5.74, 6) is 0.926. The molecule has 0 spiro atoms. The summed E-state index contributed by atoms with van der Waals surface area (Å²) in [7, 11) is 0. The van der Waals surface area contributed by atoms with Crippen molar-refractivity contribution in [3.63, 3.8) is 0 Å². The molecular weight excluding hydrogens is 1580 g/mol. The van der Waals surface area contributed by atoms with Gasteiger partial charge in [-0.3, -0.25) is 0 Å². The van der Waals surface area contributed by atoms with Crippen molar-refractivity contribution >= 4 is 131 Å². The molecule has 7 heterocycles. The maximum absolute atomic E-state index is 5.49. The molecule has 0 saturated heterocycles. The normalized spacial score (nSPS) is 13.3. The highest BCUT2D eigenvalue weighted by Gasteiger charge is 2.36. The molecule has 27 rings (SSSR count). The van der Waals surface area contributed by atoms with Gasteiger partial charge in [-0.15, -0.1) is 0 Å². The molecule has 0 amide bonds. The SMILES string of the molecule is C1=CCC2C(=C1)N(c1ccccc1)c1ccc(-c3ccc4c(c3)c3cc(-c5ccc6c(c5)c5ccccc5n6-c5ccccc5)ccc3n4-c3ccc4cc(-c5cc(-c6cccc(-n7c8ccc(-c9ccc%10c(c9)c9ccccc9n%10-c9ccccc9)cc8c8cc(-c9ccc%10c(c9)c9ccccc9n%10-c9ccccc9)ccc87)c6)nc(-c6ccccc6)n5)ccc4c3)cc12. The molecule has 0 bridgehead atoms. The third-order valence-electron chi connectivity index (χ3n) is 27.5. The fourth-order valence-corrected chi connectivity index (χ4v) is 21.5. The molecule has 606 valence electrons. The number of rotatable bonds is 13. The molecule has 1 unspecified atom stereocenters. The van der Waals surface area contributed by atoms with E-state index in [2.05, 4.69) is 483 Å². The summed E-state index contributed by atoms with van der Waals surface area (Å²) in [6.45, 7) is 0. The van der Waals surface area contributed by atoms with E-state index in [1.807, 2.05) is 0 Å². The third kappa shape index (κ3) is 11.6. The maximum atomic E-state index is 5.49. The standard InChI is InChI=1S/C122H78N8/c1-6-25-77(26-7-1)122-123-108(88-27-24-36-94(67-88)129-118-61-52-84(80-48-57-114-100(68-80)96-37-16-20-41-110(96)125(114)90-28-8-2-9-29-90)72-104(118)105-73-85(53-62-119(105)129)81-49-58-115-101(69-81)97-38-17-21-42-111(97)126(115)91-30-10-3-11-31-91)76-109(124-122)89-46-45-79-66-95(56-47-78(79)65-89)130-120-63-54-86(82-50-59-116-102(70-82)98-39-18-22-43-112(98)127(116)92-32-12-4-13-33-92)74-106(120)107-75-87(55-64-121(107)130)83-51-60-117-103(71-83)99-40-19-23-44-113(99)128(117)93-34-14-5-15-35-93/h1-39,41-76,99H,40H2. The van der Waals surface area contributed by atoms with Gasteiger partial charge in [-0.2, -0.15) is 0 Å². The van der Waals surface area contributed by atoms with Crippen LogP contribution in [0.4, 0.5) is 11.4 Å². The third-order valence-corrected chi connectivity index (χ3v) is 27.5. The molecule has 25 aromatic rings. The molecule has 2 aliphatic rings. The summed E-state index contributed by atoms with van der Waals surface area (Å²) in [4.78, 5) is 13.4. The minimum Gasteiger partial charge on any atom is -0.313 e. The average Bonchev–Trinajstić information content (AvgIpc) is 1.57. The van der Waals surface area contributed by atoms with Crippen molar-refractivity contribution < 1.29 is 0 Å². The summed E-state index contributed by atoms with van der Waals surface area (Å²) >= 11 is 0. The van der Waals surface area contributed by atoms with Crippen LogP contribution >= 0.6 is 0 Å². The Labute approximate surface area is 749 Å². The molecular formula is C122H78N8. The highest BCUT2D eigenvalue weighted by Crippen LogP contribution is 2.53. The molecule has 0 fully saturated rings. The van der Waals surface area contributed by atoms with Crippen LogP contribution in [-0.2, 0) is 0 Å². The van der Waals surface area contributed by atoms with E-state index in [1.165, 1.54) is 116 Å². The zero-order valence-electron chi connectivity index (χ0n) is 70.7. The van der Waals surface area contributed by atoms with Gasteiger partial charge in [-0.25, -0.2) is 9.97 Å². The van der Waals surface area contributed by atoms with E-state index in [1.54, 1.807) is 0 Å². The largest absolute Gasteiger partial charge is 0.313 e. The van der Waals surface area contributed by atoms with Crippen molar-refractivity contribution in [3.05, 3.63) is 466 Å². The van der Waals surface area contributed by atoms with Gasteiger partial charge in [0.15, 0.2) is 5.82 Å². The molecule has 0 radical (unpaired) electrons.